The fourth-order valence-corrected chi connectivity index (χ4v) is 13.2. The predicted octanol–water partition coefficient (Wildman–Crippen LogP) is 5.11. The van der Waals surface area contributed by atoms with Crippen LogP contribution < -0.4 is 25.4 Å². The zero-order valence-corrected chi connectivity index (χ0v) is 64.8. The number of aliphatic hydroxyl groups excluding tert-OH is 2. The van der Waals surface area contributed by atoms with Crippen molar-refractivity contribution in [3.05, 3.63) is 225 Å². The van der Waals surface area contributed by atoms with Crippen LogP contribution in [0.25, 0.3) is 0 Å². The Labute approximate surface area is 673 Å². The molecule has 0 spiro atoms. The molecule has 34 heteroatoms. The molecule has 0 aliphatic carbocycles. The van der Waals surface area contributed by atoms with E-state index < -0.39 is 99.1 Å². The van der Waals surface area contributed by atoms with Gasteiger partial charge in [-0.1, -0.05) is 127 Å². The highest BCUT2D eigenvalue weighted by Crippen LogP contribution is 2.37. The van der Waals surface area contributed by atoms with Crippen LogP contribution >= 0.6 is 0 Å². The van der Waals surface area contributed by atoms with E-state index in [0.29, 0.717) is 66.1 Å². The number of ether oxygens (including phenoxy) is 9. The van der Waals surface area contributed by atoms with E-state index in [9.17, 15) is 71.1 Å². The lowest BCUT2D eigenvalue weighted by atomic mass is 10.0. The Morgan fingerprint density at radius 2 is 0.667 bits per heavy atom. The fraction of sp³-hybridized carbons (Fsp3) is 0.349. The SMILES string of the molecule is Cc1ccc(S(=O)(=O)OCCOCCOCc2ccccc2)cc1.O=C1CCC(N2C(=O)c3cccc(O)c3C2=O)C(=O)N1.O=C1CCC(N2C(=O)c3cccc(OCCOCCO)c3C2=O)C(=O)N1.O=C1CCC(N2C(=O)c3cccc(OCCOCCOCc4ccccc4)c3C2=O)C(=O)N1.OCCOCCOCc1ccccc1. The number of amides is 12. The second-order valence-electron chi connectivity index (χ2n) is 26.2. The molecule has 6 aliphatic rings. The van der Waals surface area contributed by atoms with Crippen LogP contribution in [-0.4, -0.2) is 233 Å². The zero-order valence-electron chi connectivity index (χ0n) is 64.0. The summed E-state index contributed by atoms with van der Waals surface area (Å²) >= 11 is 0. The van der Waals surface area contributed by atoms with Crippen molar-refractivity contribution in [2.75, 3.05) is 106 Å². The molecular formula is C83H90N6O27S. The molecule has 3 atom stereocenters. The maximum absolute atomic E-state index is 13.0. The highest BCUT2D eigenvalue weighted by atomic mass is 32.2. The molecule has 3 unspecified atom stereocenters. The summed E-state index contributed by atoms with van der Waals surface area (Å²) in [5, 5.41) is 33.2. The van der Waals surface area contributed by atoms with E-state index in [2.05, 4.69) is 16.0 Å². The van der Waals surface area contributed by atoms with Crippen molar-refractivity contribution < 1.29 is 128 Å². The first-order valence-corrected chi connectivity index (χ1v) is 38.8. The Hall–Kier alpha value is -11.7. The number of nitrogens with one attached hydrogen (secondary N) is 3. The Morgan fingerprint density at radius 3 is 1.02 bits per heavy atom. The van der Waals surface area contributed by atoms with E-state index in [4.69, 9.17) is 57.0 Å². The first-order chi connectivity index (χ1) is 56.6. The monoisotopic (exact) mass is 1630 g/mol. The second-order valence-corrected chi connectivity index (χ2v) is 27.8. The molecule has 6 heterocycles. The molecular weight excluding hydrogens is 1540 g/mol. The van der Waals surface area contributed by atoms with Crippen LogP contribution in [0.2, 0.25) is 0 Å². The summed E-state index contributed by atoms with van der Waals surface area (Å²) in [5.74, 6) is -6.76. The van der Waals surface area contributed by atoms with Crippen molar-refractivity contribution in [1.29, 1.82) is 0 Å². The van der Waals surface area contributed by atoms with Crippen LogP contribution in [0.5, 0.6) is 17.2 Å². The molecule has 0 aromatic heterocycles. The van der Waals surface area contributed by atoms with Gasteiger partial charge in [0.25, 0.3) is 45.6 Å². The van der Waals surface area contributed by atoms with E-state index in [1.165, 1.54) is 42.5 Å². The zero-order chi connectivity index (χ0) is 83.6. The van der Waals surface area contributed by atoms with Crippen LogP contribution in [0, 0.1) is 6.92 Å². The van der Waals surface area contributed by atoms with E-state index in [-0.39, 0.29) is 154 Å². The van der Waals surface area contributed by atoms with Crippen molar-refractivity contribution in [3.63, 3.8) is 0 Å². The number of rotatable bonds is 35. The number of hydrogen-bond donors (Lipinski definition) is 6. The summed E-state index contributed by atoms with van der Waals surface area (Å²) in [5.41, 5.74) is 4.88. The van der Waals surface area contributed by atoms with E-state index in [0.717, 1.165) is 37.0 Å². The van der Waals surface area contributed by atoms with Gasteiger partial charge in [-0.3, -0.25) is 92.4 Å². The molecule has 7 aromatic carbocycles. The molecule has 6 aliphatic heterocycles. The summed E-state index contributed by atoms with van der Waals surface area (Å²) in [6.07, 6.45) is 0.495. The summed E-state index contributed by atoms with van der Waals surface area (Å²) in [7, 11) is -3.72. The number of piperidine rings is 3. The molecule has 0 radical (unpaired) electrons. The molecule has 0 bridgehead atoms. The number of phenols is 1. The van der Waals surface area contributed by atoms with Crippen LogP contribution in [0.15, 0.2) is 175 Å². The van der Waals surface area contributed by atoms with Gasteiger partial charge >= 0.3 is 0 Å². The molecule has 6 N–H and O–H groups in total. The Balaban J connectivity index is 0.000000171. The Bertz CT molecular complexity index is 4730. The highest BCUT2D eigenvalue weighted by Gasteiger charge is 2.49. The van der Waals surface area contributed by atoms with Gasteiger partial charge in [0, 0.05) is 19.3 Å². The number of fused-ring (bicyclic) bond motifs is 3. The van der Waals surface area contributed by atoms with Gasteiger partial charge in [0.15, 0.2) is 0 Å². The lowest BCUT2D eigenvalue weighted by Gasteiger charge is -2.27. The number of carbonyl (C=O) groups is 12. The average Bonchev–Trinajstić information content (AvgIpc) is 1.61. The molecule has 13 rings (SSSR count). The van der Waals surface area contributed by atoms with Crippen LogP contribution in [0.1, 0.15) is 123 Å². The Kier molecular flexibility index (Phi) is 34.8. The molecule has 33 nitrogen and oxygen atoms in total. The molecule has 3 saturated heterocycles. The van der Waals surface area contributed by atoms with Crippen molar-refractivity contribution in [2.45, 2.75) is 88.3 Å². The summed E-state index contributed by atoms with van der Waals surface area (Å²) in [4.78, 5) is 148. The van der Waals surface area contributed by atoms with Gasteiger partial charge in [0.1, 0.15) is 48.6 Å². The predicted molar refractivity (Wildman–Crippen MR) is 412 cm³/mol. The molecule has 3 fully saturated rings. The minimum absolute atomic E-state index is 0.0190. The number of phenolic OH excluding ortho intramolecular Hbond substituents is 1. The van der Waals surface area contributed by atoms with E-state index >= 15 is 0 Å². The van der Waals surface area contributed by atoms with Gasteiger partial charge in [0.2, 0.25) is 35.4 Å². The van der Waals surface area contributed by atoms with Crippen molar-refractivity contribution >= 4 is 81.0 Å². The molecule has 12 amide bonds. The largest absolute Gasteiger partial charge is 0.507 e. The topological polar surface area (TPSA) is 438 Å². The number of benzene rings is 7. The molecule has 117 heavy (non-hydrogen) atoms. The normalized spacial score (nSPS) is 16.7. The third-order valence-corrected chi connectivity index (χ3v) is 19.3. The van der Waals surface area contributed by atoms with Gasteiger partial charge in [-0.05, 0) is 91.4 Å². The van der Waals surface area contributed by atoms with Crippen molar-refractivity contribution in [3.8, 4) is 17.2 Å². The lowest BCUT2D eigenvalue weighted by molar-refractivity contribution is -0.137. The first kappa shape index (κ1) is 89.3. The van der Waals surface area contributed by atoms with Gasteiger partial charge in [-0.15, -0.1) is 0 Å². The molecule has 620 valence electrons. The number of carbonyl (C=O) groups excluding carboxylic acids is 12. The maximum atomic E-state index is 13.0. The summed E-state index contributed by atoms with van der Waals surface area (Å²) in [6.45, 7) is 7.81. The number of imide groups is 6. The van der Waals surface area contributed by atoms with Gasteiger partial charge in [-0.2, -0.15) is 8.42 Å². The van der Waals surface area contributed by atoms with E-state index in [1.807, 2.05) is 97.9 Å². The third kappa shape index (κ3) is 25.4. The first-order valence-electron chi connectivity index (χ1n) is 37.4. The third-order valence-electron chi connectivity index (χ3n) is 18.0. The number of nitrogens with zero attached hydrogens (tertiary/aromatic N) is 3. The number of aliphatic hydroxyl groups is 2. The van der Waals surface area contributed by atoms with Crippen LogP contribution in [0.4, 0.5) is 0 Å². The van der Waals surface area contributed by atoms with Crippen LogP contribution in [-0.2, 0) is 96.0 Å². The molecule has 0 saturated carbocycles. The summed E-state index contributed by atoms with van der Waals surface area (Å²) in [6, 6.07) is 46.7. The van der Waals surface area contributed by atoms with Crippen molar-refractivity contribution in [1.82, 2.24) is 30.7 Å². The van der Waals surface area contributed by atoms with E-state index in [1.54, 1.807) is 36.4 Å². The molecule has 7 aromatic rings. The quantitative estimate of drug-likeness (QED) is 0.0171. The minimum atomic E-state index is -3.72. The Morgan fingerprint density at radius 1 is 0.350 bits per heavy atom. The summed E-state index contributed by atoms with van der Waals surface area (Å²) < 4.78 is 77.4. The highest BCUT2D eigenvalue weighted by molar-refractivity contribution is 7.86. The number of aromatic hydroxyl groups is 1. The lowest BCUT2D eigenvalue weighted by Crippen LogP contribution is -2.54. The van der Waals surface area contributed by atoms with Gasteiger partial charge < -0.3 is 58.0 Å². The van der Waals surface area contributed by atoms with Gasteiger partial charge in [-0.25, -0.2) is 0 Å². The number of hydrogen-bond acceptors (Lipinski definition) is 27. The maximum Gasteiger partial charge on any atom is 0.297 e. The van der Waals surface area contributed by atoms with Crippen LogP contribution in [0.3, 0.4) is 0 Å². The minimum Gasteiger partial charge on any atom is -0.507 e. The fourth-order valence-electron chi connectivity index (χ4n) is 12.3. The van der Waals surface area contributed by atoms with Crippen molar-refractivity contribution in [2.24, 2.45) is 0 Å². The number of aryl methyl sites for hydroxylation is 1. The standard InChI is InChI=1S/C24H24N2O7.C18H22O5S.C17H18N2O7.C13H10N2O5.C11H16O3/c27-20-10-9-18(22(28)25-20)26-23(29)17-7-4-8-19(21(17)24(26)30)33-14-13-31-11-12-32-15-16-5-2-1-3-6-16;1-16-7-9-18(10-8-16)24(19,20)23-14-13-21-11-12-22-15-17-5-3-2-4-6-17;20-6-7-25-8-9-26-12-3-1-2-10-14(12)17(24)19(16(10)23)11-4-5-13(21)18-15(11)22;16-8-3-1-2-6-10(8)13(20)15(12(6)19)7-4-5-9(17)14-11(7)18;12-6-7-13-8-9-14-10-11-4-2-1-3-5-11/h1-8,18H,9-15H2,(H,25,27,28);2-10H,11-15H2,1H3;1-3,11,20H,4-9H2,(H,18,21,22);1-3,7,16H,4-5H2,(H,14,17,18);1-5,12H,6-10H2. The smallest absolute Gasteiger partial charge is 0.297 e. The second kappa shape index (κ2) is 45.6. The van der Waals surface area contributed by atoms with Gasteiger partial charge in [0.05, 0.1) is 151 Å². The average molecular weight is 1640 g/mol.